The normalized spacial score (nSPS) is 25.9. The summed E-state index contributed by atoms with van der Waals surface area (Å²) < 4.78 is 0. The van der Waals surface area contributed by atoms with E-state index in [1.165, 1.54) is 71.4 Å². The lowest BCUT2D eigenvalue weighted by atomic mass is 9.94. The van der Waals surface area contributed by atoms with Crippen LogP contribution >= 0.6 is 0 Å². The van der Waals surface area contributed by atoms with Crippen molar-refractivity contribution < 1.29 is 0 Å². The third-order valence-corrected chi connectivity index (χ3v) is 5.58. The Labute approximate surface area is 126 Å². The average Bonchev–Trinajstić information content (AvgIpc) is 2.98. The van der Waals surface area contributed by atoms with Crippen LogP contribution in [0, 0.1) is 11.8 Å². The van der Waals surface area contributed by atoms with Crippen LogP contribution in [0.1, 0.15) is 46.0 Å². The van der Waals surface area contributed by atoms with Gasteiger partial charge in [-0.05, 0) is 70.7 Å². The molecule has 0 spiro atoms. The summed E-state index contributed by atoms with van der Waals surface area (Å²) in [6.07, 6.45) is 6.95. The SMILES string of the molecule is CCC(C)C(CN1CCC(CN2CCCC2)CC1)NC. The summed E-state index contributed by atoms with van der Waals surface area (Å²) in [5, 5.41) is 3.52. The summed E-state index contributed by atoms with van der Waals surface area (Å²) in [6, 6.07) is 0.662. The summed E-state index contributed by atoms with van der Waals surface area (Å²) in [5.41, 5.74) is 0. The van der Waals surface area contributed by atoms with Gasteiger partial charge in [0, 0.05) is 19.1 Å². The summed E-state index contributed by atoms with van der Waals surface area (Å²) in [6.45, 7) is 12.6. The van der Waals surface area contributed by atoms with Gasteiger partial charge in [0.15, 0.2) is 0 Å². The second-order valence-corrected chi connectivity index (χ2v) is 7.03. The Hall–Kier alpha value is -0.120. The number of likely N-dealkylation sites (N-methyl/N-ethyl adjacent to an activating group) is 1. The van der Waals surface area contributed by atoms with Crippen LogP contribution < -0.4 is 5.32 Å². The van der Waals surface area contributed by atoms with Gasteiger partial charge in [0.05, 0.1) is 0 Å². The highest BCUT2D eigenvalue weighted by molar-refractivity contribution is 4.81. The maximum atomic E-state index is 3.52. The first kappa shape index (κ1) is 16.3. The Bertz CT molecular complexity index is 255. The number of nitrogens with zero attached hydrogens (tertiary/aromatic N) is 2. The fourth-order valence-corrected chi connectivity index (χ4v) is 3.80. The Morgan fingerprint density at radius 2 is 1.70 bits per heavy atom. The monoisotopic (exact) mass is 281 g/mol. The van der Waals surface area contributed by atoms with Crippen molar-refractivity contribution in [3.8, 4) is 0 Å². The lowest BCUT2D eigenvalue weighted by Gasteiger charge is -2.36. The predicted octanol–water partition coefficient (Wildman–Crippen LogP) is 2.43. The van der Waals surface area contributed by atoms with E-state index in [0.29, 0.717) is 6.04 Å². The van der Waals surface area contributed by atoms with Crippen molar-refractivity contribution >= 4 is 0 Å². The van der Waals surface area contributed by atoms with Crippen LogP contribution in [0.3, 0.4) is 0 Å². The lowest BCUT2D eigenvalue weighted by molar-refractivity contribution is 0.135. The minimum atomic E-state index is 0.662. The molecule has 2 rings (SSSR count). The topological polar surface area (TPSA) is 18.5 Å². The second-order valence-electron chi connectivity index (χ2n) is 7.03. The van der Waals surface area contributed by atoms with Crippen molar-refractivity contribution in [3.05, 3.63) is 0 Å². The lowest BCUT2D eigenvalue weighted by Crippen LogP contribution is -2.46. The molecule has 0 saturated carbocycles. The highest BCUT2D eigenvalue weighted by Gasteiger charge is 2.25. The molecular weight excluding hydrogens is 246 g/mol. The first-order chi connectivity index (χ1) is 9.72. The fraction of sp³-hybridized carbons (Fsp3) is 1.00. The Morgan fingerprint density at radius 1 is 1.05 bits per heavy atom. The van der Waals surface area contributed by atoms with Gasteiger partial charge in [-0.3, -0.25) is 0 Å². The van der Waals surface area contributed by atoms with Gasteiger partial charge >= 0.3 is 0 Å². The van der Waals surface area contributed by atoms with Gasteiger partial charge in [-0.2, -0.15) is 0 Å². The molecule has 2 aliphatic heterocycles. The van der Waals surface area contributed by atoms with Crippen molar-refractivity contribution in [3.63, 3.8) is 0 Å². The maximum Gasteiger partial charge on any atom is 0.0217 e. The highest BCUT2D eigenvalue weighted by atomic mass is 15.2. The molecule has 3 nitrogen and oxygen atoms in total. The molecule has 2 heterocycles. The number of hydrogen-bond acceptors (Lipinski definition) is 3. The number of piperidine rings is 1. The molecule has 2 fully saturated rings. The largest absolute Gasteiger partial charge is 0.315 e. The molecule has 3 heteroatoms. The molecule has 2 atom stereocenters. The Balaban J connectivity index is 1.67. The molecule has 0 bridgehead atoms. The van der Waals surface area contributed by atoms with Gasteiger partial charge in [0.25, 0.3) is 0 Å². The van der Waals surface area contributed by atoms with Crippen LogP contribution in [-0.2, 0) is 0 Å². The molecule has 2 unspecified atom stereocenters. The van der Waals surface area contributed by atoms with Gasteiger partial charge in [-0.15, -0.1) is 0 Å². The van der Waals surface area contributed by atoms with Crippen LogP contribution in [0.5, 0.6) is 0 Å². The number of rotatable bonds is 7. The highest BCUT2D eigenvalue weighted by Crippen LogP contribution is 2.21. The minimum absolute atomic E-state index is 0.662. The predicted molar refractivity (Wildman–Crippen MR) is 87.1 cm³/mol. The van der Waals surface area contributed by atoms with E-state index in [0.717, 1.165) is 11.8 Å². The maximum absolute atomic E-state index is 3.52. The van der Waals surface area contributed by atoms with E-state index in [9.17, 15) is 0 Å². The molecule has 0 aromatic carbocycles. The number of likely N-dealkylation sites (tertiary alicyclic amines) is 2. The van der Waals surface area contributed by atoms with Gasteiger partial charge in [0.1, 0.15) is 0 Å². The molecular formula is C17H35N3. The van der Waals surface area contributed by atoms with E-state index in [4.69, 9.17) is 0 Å². The average molecular weight is 281 g/mol. The fourth-order valence-electron chi connectivity index (χ4n) is 3.80. The van der Waals surface area contributed by atoms with Crippen molar-refractivity contribution in [1.29, 1.82) is 0 Å². The molecule has 1 N–H and O–H groups in total. The third-order valence-electron chi connectivity index (χ3n) is 5.58. The second kappa shape index (κ2) is 8.35. The molecule has 0 radical (unpaired) electrons. The van der Waals surface area contributed by atoms with Crippen molar-refractivity contribution in [2.75, 3.05) is 46.3 Å². The molecule has 118 valence electrons. The molecule has 2 aliphatic rings. The van der Waals surface area contributed by atoms with E-state index < -0.39 is 0 Å². The molecule has 2 saturated heterocycles. The van der Waals surface area contributed by atoms with Gasteiger partial charge < -0.3 is 15.1 Å². The zero-order valence-corrected chi connectivity index (χ0v) is 13.9. The van der Waals surface area contributed by atoms with Crippen molar-refractivity contribution in [2.24, 2.45) is 11.8 Å². The summed E-state index contributed by atoms with van der Waals surface area (Å²) in [7, 11) is 2.12. The smallest absolute Gasteiger partial charge is 0.0217 e. The van der Waals surface area contributed by atoms with Gasteiger partial charge in [-0.25, -0.2) is 0 Å². The zero-order valence-electron chi connectivity index (χ0n) is 13.9. The Morgan fingerprint density at radius 3 is 2.25 bits per heavy atom. The van der Waals surface area contributed by atoms with Crippen LogP contribution in [0.4, 0.5) is 0 Å². The quantitative estimate of drug-likeness (QED) is 0.773. The van der Waals surface area contributed by atoms with E-state index in [1.807, 2.05) is 0 Å². The molecule has 0 aromatic heterocycles. The summed E-state index contributed by atoms with van der Waals surface area (Å²) >= 11 is 0. The standard InChI is InChI=1S/C17H35N3/c1-4-15(2)17(18-3)14-20-11-7-16(8-12-20)13-19-9-5-6-10-19/h15-18H,4-14H2,1-3H3. The van der Waals surface area contributed by atoms with Gasteiger partial charge in [-0.1, -0.05) is 20.3 Å². The van der Waals surface area contributed by atoms with E-state index in [-0.39, 0.29) is 0 Å². The molecule has 0 aromatic rings. The van der Waals surface area contributed by atoms with E-state index in [2.05, 4.69) is 36.0 Å². The minimum Gasteiger partial charge on any atom is -0.315 e. The number of hydrogen-bond donors (Lipinski definition) is 1. The summed E-state index contributed by atoms with van der Waals surface area (Å²) in [4.78, 5) is 5.38. The van der Waals surface area contributed by atoms with E-state index in [1.54, 1.807) is 0 Å². The molecule has 20 heavy (non-hydrogen) atoms. The van der Waals surface area contributed by atoms with Crippen LogP contribution in [0.15, 0.2) is 0 Å². The van der Waals surface area contributed by atoms with Crippen LogP contribution in [0.25, 0.3) is 0 Å². The number of nitrogens with one attached hydrogen (secondary N) is 1. The van der Waals surface area contributed by atoms with E-state index >= 15 is 0 Å². The molecule has 0 amide bonds. The van der Waals surface area contributed by atoms with Crippen LogP contribution in [0.2, 0.25) is 0 Å². The zero-order chi connectivity index (χ0) is 14.4. The first-order valence-corrected chi connectivity index (χ1v) is 8.85. The Kier molecular flexibility index (Phi) is 6.79. The van der Waals surface area contributed by atoms with Crippen LogP contribution in [-0.4, -0.2) is 62.2 Å². The third kappa shape index (κ3) is 4.71. The van der Waals surface area contributed by atoms with Gasteiger partial charge in [0.2, 0.25) is 0 Å². The van der Waals surface area contributed by atoms with Crippen molar-refractivity contribution in [2.45, 2.75) is 52.0 Å². The first-order valence-electron chi connectivity index (χ1n) is 8.85. The molecule has 0 aliphatic carbocycles. The summed E-state index contributed by atoms with van der Waals surface area (Å²) in [5.74, 6) is 1.74. The van der Waals surface area contributed by atoms with Crippen molar-refractivity contribution in [1.82, 2.24) is 15.1 Å².